The Hall–Kier alpha value is -1.02. The summed E-state index contributed by atoms with van der Waals surface area (Å²) in [6, 6.07) is 0. The largest absolute Gasteiger partial charge is 0.383 e. The first-order valence-corrected chi connectivity index (χ1v) is 5.18. The van der Waals surface area contributed by atoms with Gasteiger partial charge in [-0.1, -0.05) is 3.89 Å². The highest BCUT2D eigenvalue weighted by Crippen LogP contribution is 2.10. The minimum Gasteiger partial charge on any atom is -0.383 e. The molecule has 0 aliphatic heterocycles. The number of nitrogens with zero attached hydrogens (tertiary/aromatic N) is 3. The average Bonchev–Trinajstić information content (AvgIpc) is 2.42. The van der Waals surface area contributed by atoms with Crippen LogP contribution in [0.5, 0.6) is 0 Å². The molecule has 0 bridgehead atoms. The molecule has 8 heteroatoms. The third-order valence-corrected chi connectivity index (χ3v) is 2.38. The highest BCUT2D eigenvalue weighted by atomic mass is 32.3. The van der Waals surface area contributed by atoms with E-state index in [1.54, 1.807) is 0 Å². The Labute approximate surface area is 80.9 Å². The molecule has 14 heavy (non-hydrogen) atoms. The second kappa shape index (κ2) is 4.01. The molecule has 6 nitrogen and oxygen atoms in total. The van der Waals surface area contributed by atoms with E-state index in [0.717, 1.165) is 4.57 Å². The highest BCUT2D eigenvalue weighted by Gasteiger charge is 2.22. The zero-order valence-electron chi connectivity index (χ0n) is 7.77. The van der Waals surface area contributed by atoms with Gasteiger partial charge in [0.15, 0.2) is 0 Å². The molecule has 0 radical (unpaired) electrons. The summed E-state index contributed by atoms with van der Waals surface area (Å²) < 4.78 is 39.7. The average molecular weight is 223 g/mol. The smallest absolute Gasteiger partial charge is 0.368 e. The van der Waals surface area contributed by atoms with Crippen molar-refractivity contribution in [3.63, 3.8) is 0 Å². The van der Waals surface area contributed by atoms with Gasteiger partial charge in [0.25, 0.3) is 5.16 Å². The summed E-state index contributed by atoms with van der Waals surface area (Å²) in [6.45, 7) is 2.01. The Morgan fingerprint density at radius 3 is 2.64 bits per heavy atom. The fourth-order valence-electron chi connectivity index (χ4n) is 0.982. The van der Waals surface area contributed by atoms with Crippen molar-refractivity contribution in [2.75, 3.05) is 13.7 Å². The Morgan fingerprint density at radius 1 is 1.50 bits per heavy atom. The lowest BCUT2D eigenvalue weighted by atomic mass is 10.6. The number of halogens is 1. The van der Waals surface area contributed by atoms with Gasteiger partial charge in [0.2, 0.25) is 0 Å². The van der Waals surface area contributed by atoms with Crippen LogP contribution in [0.3, 0.4) is 0 Å². The molecule has 0 N–H and O–H groups in total. The van der Waals surface area contributed by atoms with Crippen molar-refractivity contribution in [2.45, 2.75) is 18.6 Å². The lowest BCUT2D eigenvalue weighted by molar-refractivity contribution is 0.183. The van der Waals surface area contributed by atoms with E-state index < -0.39 is 15.4 Å². The predicted octanol–water partition coefficient (Wildman–Crippen LogP) is -0.109. The van der Waals surface area contributed by atoms with E-state index in [2.05, 4.69) is 10.2 Å². The number of methoxy groups -OCH3 is 1. The minimum atomic E-state index is -4.81. The summed E-state index contributed by atoms with van der Waals surface area (Å²) in [7, 11) is -3.35. The maximum Gasteiger partial charge on any atom is 0.368 e. The van der Waals surface area contributed by atoms with Crippen LogP contribution in [-0.4, -0.2) is 36.9 Å². The van der Waals surface area contributed by atoms with Gasteiger partial charge < -0.3 is 4.74 Å². The third-order valence-electron chi connectivity index (χ3n) is 1.64. The van der Waals surface area contributed by atoms with Crippen molar-refractivity contribution >= 4 is 10.2 Å². The standard InChI is InChI=1S/C6H10FN3O3S/c1-5-8-9-6(14(7,11)12)10(5)3-4-13-2/h3-4H2,1-2H3. The number of ether oxygens (including phenoxy) is 1. The summed E-state index contributed by atoms with van der Waals surface area (Å²) in [5, 5.41) is 6.03. The van der Waals surface area contributed by atoms with Crippen LogP contribution in [-0.2, 0) is 21.5 Å². The van der Waals surface area contributed by atoms with Gasteiger partial charge in [0.05, 0.1) is 13.2 Å². The molecule has 1 rings (SSSR count). The van der Waals surface area contributed by atoms with Crippen molar-refractivity contribution in [2.24, 2.45) is 0 Å². The van der Waals surface area contributed by atoms with Gasteiger partial charge in [-0.15, -0.1) is 10.2 Å². The zero-order chi connectivity index (χ0) is 10.8. The topological polar surface area (TPSA) is 74.1 Å². The Bertz CT molecular complexity index is 414. The van der Waals surface area contributed by atoms with Crippen molar-refractivity contribution < 1.29 is 17.0 Å². The second-order valence-corrected chi connectivity index (χ2v) is 3.85. The molecule has 0 aromatic carbocycles. The van der Waals surface area contributed by atoms with Crippen LogP contribution in [0, 0.1) is 6.92 Å². The lowest BCUT2D eigenvalue weighted by Crippen LogP contribution is -2.11. The minimum absolute atomic E-state index is 0.202. The van der Waals surface area contributed by atoms with E-state index in [1.165, 1.54) is 14.0 Å². The predicted molar refractivity (Wildman–Crippen MR) is 44.9 cm³/mol. The van der Waals surface area contributed by atoms with Crippen LogP contribution in [0.4, 0.5) is 3.89 Å². The molecule has 0 aliphatic rings. The molecule has 80 valence electrons. The molecule has 0 amide bonds. The van der Waals surface area contributed by atoms with E-state index in [4.69, 9.17) is 4.74 Å². The van der Waals surface area contributed by atoms with Gasteiger partial charge in [0.1, 0.15) is 5.82 Å². The summed E-state index contributed by atoms with van der Waals surface area (Å²) in [5.74, 6) is 0.332. The van der Waals surface area contributed by atoms with Crippen LogP contribution >= 0.6 is 0 Å². The molecular weight excluding hydrogens is 213 g/mol. The molecule has 1 aromatic rings. The Kier molecular flexibility index (Phi) is 3.17. The molecule has 0 spiro atoms. The summed E-state index contributed by atoms with van der Waals surface area (Å²) in [5.41, 5.74) is 0. The van der Waals surface area contributed by atoms with Gasteiger partial charge in [-0.3, -0.25) is 4.57 Å². The van der Waals surface area contributed by atoms with Gasteiger partial charge in [-0.05, 0) is 6.92 Å². The highest BCUT2D eigenvalue weighted by molar-refractivity contribution is 7.86. The van der Waals surface area contributed by atoms with Crippen LogP contribution in [0.2, 0.25) is 0 Å². The fourth-order valence-corrected chi connectivity index (χ4v) is 1.61. The monoisotopic (exact) mass is 223 g/mol. The van der Waals surface area contributed by atoms with Crippen molar-refractivity contribution in [3.05, 3.63) is 5.82 Å². The van der Waals surface area contributed by atoms with E-state index in [0.29, 0.717) is 5.82 Å². The number of hydrogen-bond donors (Lipinski definition) is 0. The Balaban J connectivity index is 3.07. The van der Waals surface area contributed by atoms with Crippen LogP contribution in [0.1, 0.15) is 5.82 Å². The fraction of sp³-hybridized carbons (Fsp3) is 0.667. The summed E-state index contributed by atoms with van der Waals surface area (Å²) >= 11 is 0. The van der Waals surface area contributed by atoms with Crippen LogP contribution < -0.4 is 0 Å². The molecule has 1 heterocycles. The molecule has 1 aromatic heterocycles. The first-order valence-electron chi connectivity index (χ1n) is 3.80. The van der Waals surface area contributed by atoms with E-state index in [9.17, 15) is 12.3 Å². The molecule has 0 unspecified atom stereocenters. The third kappa shape index (κ3) is 2.26. The first kappa shape index (κ1) is 11.1. The quantitative estimate of drug-likeness (QED) is 0.666. The SMILES string of the molecule is COCCn1c(C)nnc1S(=O)(=O)F. The van der Waals surface area contributed by atoms with Crippen LogP contribution in [0.15, 0.2) is 5.16 Å². The second-order valence-electron chi connectivity index (χ2n) is 2.61. The van der Waals surface area contributed by atoms with Gasteiger partial charge >= 0.3 is 10.2 Å². The number of aryl methyl sites for hydroxylation is 1. The van der Waals surface area contributed by atoms with E-state index in [1.807, 2.05) is 0 Å². The molecule has 0 fully saturated rings. The van der Waals surface area contributed by atoms with Gasteiger partial charge in [0, 0.05) is 7.11 Å². The molecule has 0 saturated heterocycles. The molecular formula is C6H10FN3O3S. The number of aromatic nitrogens is 3. The summed E-state index contributed by atoms with van der Waals surface area (Å²) in [6.07, 6.45) is 0. The van der Waals surface area contributed by atoms with E-state index >= 15 is 0 Å². The lowest BCUT2D eigenvalue weighted by Gasteiger charge is -2.04. The molecule has 0 saturated carbocycles. The van der Waals surface area contributed by atoms with Gasteiger partial charge in [-0.25, -0.2) is 0 Å². The normalized spacial score (nSPS) is 11.9. The maximum absolute atomic E-state index is 12.6. The van der Waals surface area contributed by atoms with Crippen molar-refractivity contribution in [3.8, 4) is 0 Å². The van der Waals surface area contributed by atoms with Crippen molar-refractivity contribution in [1.82, 2.24) is 14.8 Å². The Morgan fingerprint density at radius 2 is 2.14 bits per heavy atom. The molecule has 0 atom stereocenters. The van der Waals surface area contributed by atoms with Crippen LogP contribution in [0.25, 0.3) is 0 Å². The van der Waals surface area contributed by atoms with Gasteiger partial charge in [-0.2, -0.15) is 8.42 Å². The zero-order valence-corrected chi connectivity index (χ0v) is 8.58. The summed E-state index contributed by atoms with van der Waals surface area (Å²) in [4.78, 5) is 0. The molecule has 0 aliphatic carbocycles. The van der Waals surface area contributed by atoms with Crippen molar-refractivity contribution in [1.29, 1.82) is 0 Å². The first-order chi connectivity index (χ1) is 6.46. The van der Waals surface area contributed by atoms with E-state index in [-0.39, 0.29) is 13.2 Å². The maximum atomic E-state index is 12.6. The number of hydrogen-bond acceptors (Lipinski definition) is 5. The number of rotatable bonds is 4.